The minimum Gasteiger partial charge on any atom is -0.484 e. The monoisotopic (exact) mass is 370 g/mol. The van der Waals surface area contributed by atoms with E-state index in [2.05, 4.69) is 31.7 Å². The third-order valence-electron chi connectivity index (χ3n) is 4.89. The Bertz CT molecular complexity index is 776. The summed E-state index contributed by atoms with van der Waals surface area (Å²) < 4.78 is 18.8. The third kappa shape index (κ3) is 5.00. The van der Waals surface area contributed by atoms with E-state index in [-0.39, 0.29) is 23.7 Å². The normalized spacial score (nSPS) is 15.0. The van der Waals surface area contributed by atoms with Crippen LogP contribution in [0.4, 0.5) is 10.1 Å². The lowest BCUT2D eigenvalue weighted by Gasteiger charge is -2.36. The van der Waals surface area contributed by atoms with Crippen LogP contribution in [-0.4, -0.2) is 43.6 Å². The molecule has 1 saturated heterocycles. The zero-order chi connectivity index (χ0) is 19.4. The standard InChI is InChI=1S/C22H27FN2O2/c1-22(2,3)17-5-4-6-20(15-17)27-16-21(26)25-13-11-24(12-14-25)19-9-7-18(23)8-10-19/h4-10,15H,11-14,16H2,1-3H3. The third-order valence-corrected chi connectivity index (χ3v) is 4.89. The fraction of sp³-hybridized carbons (Fsp3) is 0.409. The summed E-state index contributed by atoms with van der Waals surface area (Å²) in [5.74, 6) is 0.482. The predicted octanol–water partition coefficient (Wildman–Crippen LogP) is 3.85. The summed E-state index contributed by atoms with van der Waals surface area (Å²) >= 11 is 0. The van der Waals surface area contributed by atoms with E-state index in [1.807, 2.05) is 23.1 Å². The Labute approximate surface area is 160 Å². The summed E-state index contributed by atoms with van der Waals surface area (Å²) in [7, 11) is 0. The first-order valence-corrected chi connectivity index (χ1v) is 9.34. The highest BCUT2D eigenvalue weighted by molar-refractivity contribution is 5.78. The number of nitrogens with zero attached hydrogens (tertiary/aromatic N) is 2. The summed E-state index contributed by atoms with van der Waals surface area (Å²) in [6, 6.07) is 14.4. The number of benzene rings is 2. The van der Waals surface area contributed by atoms with Crippen LogP contribution in [-0.2, 0) is 10.2 Å². The fourth-order valence-electron chi connectivity index (χ4n) is 3.15. The first-order chi connectivity index (χ1) is 12.8. The molecule has 5 heteroatoms. The van der Waals surface area contributed by atoms with E-state index in [9.17, 15) is 9.18 Å². The molecule has 27 heavy (non-hydrogen) atoms. The topological polar surface area (TPSA) is 32.8 Å². The molecule has 2 aromatic rings. The highest BCUT2D eigenvalue weighted by atomic mass is 19.1. The summed E-state index contributed by atoms with van der Waals surface area (Å²) in [6.07, 6.45) is 0. The maximum absolute atomic E-state index is 13.1. The van der Waals surface area contributed by atoms with Crippen molar-refractivity contribution in [3.8, 4) is 5.75 Å². The molecule has 1 aliphatic heterocycles. The second kappa shape index (κ2) is 7.99. The number of carbonyl (C=O) groups is 1. The first kappa shape index (κ1) is 19.2. The molecule has 0 unspecified atom stereocenters. The van der Waals surface area contributed by atoms with Gasteiger partial charge in [0.1, 0.15) is 11.6 Å². The zero-order valence-electron chi connectivity index (χ0n) is 16.2. The fourth-order valence-corrected chi connectivity index (χ4v) is 3.15. The van der Waals surface area contributed by atoms with Crippen LogP contribution in [0.3, 0.4) is 0 Å². The molecule has 2 aromatic carbocycles. The van der Waals surface area contributed by atoms with Crippen molar-refractivity contribution < 1.29 is 13.9 Å². The maximum atomic E-state index is 13.1. The van der Waals surface area contributed by atoms with Crippen LogP contribution in [0.2, 0.25) is 0 Å². The Balaban J connectivity index is 1.51. The predicted molar refractivity (Wildman–Crippen MR) is 106 cm³/mol. The lowest BCUT2D eigenvalue weighted by molar-refractivity contribution is -0.133. The largest absolute Gasteiger partial charge is 0.484 e. The number of hydrogen-bond donors (Lipinski definition) is 0. The number of ether oxygens (including phenoxy) is 1. The van der Waals surface area contributed by atoms with Crippen molar-refractivity contribution in [1.29, 1.82) is 0 Å². The van der Waals surface area contributed by atoms with Gasteiger partial charge in [-0.25, -0.2) is 4.39 Å². The van der Waals surface area contributed by atoms with E-state index in [0.717, 1.165) is 24.5 Å². The van der Waals surface area contributed by atoms with E-state index >= 15 is 0 Å². The molecule has 4 nitrogen and oxygen atoms in total. The van der Waals surface area contributed by atoms with E-state index in [1.165, 1.54) is 17.7 Å². The van der Waals surface area contributed by atoms with Gasteiger partial charge in [-0.15, -0.1) is 0 Å². The van der Waals surface area contributed by atoms with Crippen molar-refractivity contribution in [2.45, 2.75) is 26.2 Å². The van der Waals surface area contributed by atoms with Gasteiger partial charge in [-0.3, -0.25) is 4.79 Å². The molecule has 0 radical (unpaired) electrons. The van der Waals surface area contributed by atoms with Gasteiger partial charge < -0.3 is 14.5 Å². The molecule has 3 rings (SSSR count). The van der Waals surface area contributed by atoms with Crippen molar-refractivity contribution >= 4 is 11.6 Å². The summed E-state index contributed by atoms with van der Waals surface area (Å²) in [5, 5.41) is 0. The SMILES string of the molecule is CC(C)(C)c1cccc(OCC(=O)N2CCN(c3ccc(F)cc3)CC2)c1. The second-order valence-electron chi connectivity index (χ2n) is 7.91. The van der Waals surface area contributed by atoms with Gasteiger partial charge in [0.05, 0.1) is 0 Å². The number of amides is 1. The number of anilines is 1. The summed E-state index contributed by atoms with van der Waals surface area (Å²) in [5.41, 5.74) is 2.21. The van der Waals surface area contributed by atoms with Gasteiger partial charge in [0.2, 0.25) is 0 Å². The Kier molecular flexibility index (Phi) is 5.68. The van der Waals surface area contributed by atoms with Gasteiger partial charge >= 0.3 is 0 Å². The van der Waals surface area contributed by atoms with Crippen molar-refractivity contribution in [1.82, 2.24) is 4.90 Å². The quantitative estimate of drug-likeness (QED) is 0.820. The molecule has 0 N–H and O–H groups in total. The van der Waals surface area contributed by atoms with Gasteiger partial charge in [0, 0.05) is 31.9 Å². The molecule has 0 aliphatic carbocycles. The van der Waals surface area contributed by atoms with Crippen LogP contribution in [0.1, 0.15) is 26.3 Å². The van der Waals surface area contributed by atoms with Gasteiger partial charge in [-0.2, -0.15) is 0 Å². The zero-order valence-corrected chi connectivity index (χ0v) is 16.2. The highest BCUT2D eigenvalue weighted by Gasteiger charge is 2.22. The summed E-state index contributed by atoms with van der Waals surface area (Å²) in [4.78, 5) is 16.5. The molecule has 1 amide bonds. The van der Waals surface area contributed by atoms with Crippen LogP contribution in [0.25, 0.3) is 0 Å². The molecular weight excluding hydrogens is 343 g/mol. The molecule has 1 aliphatic rings. The Morgan fingerprint density at radius 1 is 1.04 bits per heavy atom. The Hall–Kier alpha value is -2.56. The van der Waals surface area contributed by atoms with Crippen molar-refractivity contribution in [2.75, 3.05) is 37.7 Å². The molecule has 1 heterocycles. The number of piperazine rings is 1. The molecule has 0 saturated carbocycles. The number of halogens is 1. The first-order valence-electron chi connectivity index (χ1n) is 9.34. The average molecular weight is 370 g/mol. The van der Waals surface area contributed by atoms with E-state index in [1.54, 1.807) is 12.1 Å². The lowest BCUT2D eigenvalue weighted by atomic mass is 9.87. The Morgan fingerprint density at radius 2 is 1.70 bits per heavy atom. The van der Waals surface area contributed by atoms with E-state index in [4.69, 9.17) is 4.74 Å². The van der Waals surface area contributed by atoms with Crippen LogP contribution >= 0.6 is 0 Å². The molecular formula is C22H27FN2O2. The minimum atomic E-state index is -0.236. The minimum absolute atomic E-state index is 0.00471. The molecule has 144 valence electrons. The van der Waals surface area contributed by atoms with Crippen molar-refractivity contribution in [3.05, 3.63) is 59.9 Å². The van der Waals surface area contributed by atoms with Crippen LogP contribution < -0.4 is 9.64 Å². The van der Waals surface area contributed by atoms with E-state index < -0.39 is 0 Å². The number of hydrogen-bond acceptors (Lipinski definition) is 3. The Morgan fingerprint density at radius 3 is 2.33 bits per heavy atom. The van der Waals surface area contributed by atoms with Crippen LogP contribution in [0.5, 0.6) is 5.75 Å². The van der Waals surface area contributed by atoms with Crippen LogP contribution in [0, 0.1) is 5.82 Å². The molecule has 0 aromatic heterocycles. The summed E-state index contributed by atoms with van der Waals surface area (Å²) in [6.45, 7) is 9.24. The van der Waals surface area contributed by atoms with Gasteiger partial charge in [-0.1, -0.05) is 32.9 Å². The van der Waals surface area contributed by atoms with Gasteiger partial charge in [0.15, 0.2) is 6.61 Å². The molecule has 0 atom stereocenters. The number of carbonyl (C=O) groups excluding carboxylic acids is 1. The molecule has 1 fully saturated rings. The van der Waals surface area contributed by atoms with Gasteiger partial charge in [-0.05, 0) is 47.4 Å². The average Bonchev–Trinajstić information content (AvgIpc) is 2.66. The van der Waals surface area contributed by atoms with E-state index in [0.29, 0.717) is 13.1 Å². The second-order valence-corrected chi connectivity index (χ2v) is 7.91. The van der Waals surface area contributed by atoms with Crippen molar-refractivity contribution in [2.24, 2.45) is 0 Å². The lowest BCUT2D eigenvalue weighted by Crippen LogP contribution is -2.50. The highest BCUT2D eigenvalue weighted by Crippen LogP contribution is 2.25. The van der Waals surface area contributed by atoms with Crippen molar-refractivity contribution in [3.63, 3.8) is 0 Å². The maximum Gasteiger partial charge on any atom is 0.260 e. The molecule has 0 bridgehead atoms. The smallest absolute Gasteiger partial charge is 0.260 e. The van der Waals surface area contributed by atoms with Crippen LogP contribution in [0.15, 0.2) is 48.5 Å². The molecule has 0 spiro atoms. The van der Waals surface area contributed by atoms with Gasteiger partial charge in [0.25, 0.3) is 5.91 Å². The number of rotatable bonds is 4.